The van der Waals surface area contributed by atoms with E-state index in [0.29, 0.717) is 0 Å². The van der Waals surface area contributed by atoms with Crippen molar-refractivity contribution in [3.8, 4) is 0 Å². The highest BCUT2D eigenvalue weighted by molar-refractivity contribution is 5.88. The zero-order chi connectivity index (χ0) is 11.4. The third kappa shape index (κ3) is 3.55. The van der Waals surface area contributed by atoms with Gasteiger partial charge in [-0.25, -0.2) is 4.79 Å². The Morgan fingerprint density at radius 2 is 1.73 bits per heavy atom. The fraction of sp³-hybridized carbons (Fsp3) is 0.286. The summed E-state index contributed by atoms with van der Waals surface area (Å²) >= 11 is 0. The molecule has 0 aliphatic heterocycles. The molecule has 0 unspecified atom stereocenters. The fourth-order valence-electron chi connectivity index (χ4n) is 0.824. The quantitative estimate of drug-likeness (QED) is 0.585. The van der Waals surface area contributed by atoms with E-state index in [0.717, 1.165) is 0 Å². The minimum absolute atomic E-state index is 0.0637. The van der Waals surface area contributed by atoms with Gasteiger partial charge in [0.1, 0.15) is 0 Å². The largest absolute Gasteiger partial charge is 0.351 e. The molecule has 2 amide bonds. The first kappa shape index (κ1) is 10.8. The summed E-state index contributed by atoms with van der Waals surface area (Å²) in [5.74, 6) is -1.02. The van der Waals surface area contributed by atoms with Gasteiger partial charge in [-0.2, -0.15) is 9.97 Å². The SMILES string of the molecule is CC(=O)Nc1nc(NC(C)=O)[nH]c(=O)n1. The van der Waals surface area contributed by atoms with Crippen LogP contribution >= 0.6 is 0 Å². The predicted octanol–water partition coefficient (Wildman–Crippen LogP) is -0.918. The summed E-state index contributed by atoms with van der Waals surface area (Å²) < 4.78 is 0. The predicted molar refractivity (Wildman–Crippen MR) is 51.3 cm³/mol. The van der Waals surface area contributed by atoms with E-state index in [4.69, 9.17) is 0 Å². The van der Waals surface area contributed by atoms with Crippen LogP contribution in [0, 0.1) is 0 Å². The molecule has 0 aliphatic rings. The molecule has 0 atom stereocenters. The molecule has 0 saturated carbocycles. The monoisotopic (exact) mass is 211 g/mol. The van der Waals surface area contributed by atoms with Crippen molar-refractivity contribution in [2.45, 2.75) is 13.8 Å². The first-order valence-corrected chi connectivity index (χ1v) is 4.01. The molecule has 8 nitrogen and oxygen atoms in total. The van der Waals surface area contributed by atoms with E-state index in [1.807, 2.05) is 0 Å². The Hall–Kier alpha value is -2.25. The molecule has 0 aromatic carbocycles. The standard InChI is InChI=1S/C7H9N5O3/c1-3(13)8-5-10-6(9-4(2)14)12-7(15)11-5/h1-2H3,(H3,8,9,10,11,12,13,14,15). The van der Waals surface area contributed by atoms with Crippen LogP contribution in [0.15, 0.2) is 4.79 Å². The van der Waals surface area contributed by atoms with Crippen molar-refractivity contribution in [2.75, 3.05) is 10.6 Å². The van der Waals surface area contributed by atoms with E-state index in [1.54, 1.807) is 0 Å². The zero-order valence-corrected chi connectivity index (χ0v) is 8.12. The highest BCUT2D eigenvalue weighted by Gasteiger charge is 2.04. The molecule has 80 valence electrons. The van der Waals surface area contributed by atoms with Gasteiger partial charge in [-0.3, -0.25) is 25.2 Å². The van der Waals surface area contributed by atoms with E-state index >= 15 is 0 Å². The van der Waals surface area contributed by atoms with Crippen molar-refractivity contribution in [3.05, 3.63) is 10.5 Å². The average Bonchev–Trinajstić information content (AvgIpc) is 1.98. The minimum atomic E-state index is -0.711. The Kier molecular flexibility index (Phi) is 3.11. The van der Waals surface area contributed by atoms with Crippen molar-refractivity contribution in [1.29, 1.82) is 0 Å². The Bertz CT molecular complexity index is 415. The summed E-state index contributed by atoms with van der Waals surface area (Å²) in [6, 6.07) is 0. The average molecular weight is 211 g/mol. The van der Waals surface area contributed by atoms with E-state index < -0.39 is 17.5 Å². The lowest BCUT2D eigenvalue weighted by molar-refractivity contribution is -0.115. The molecule has 8 heteroatoms. The molecular weight excluding hydrogens is 202 g/mol. The number of aromatic nitrogens is 3. The minimum Gasteiger partial charge on any atom is -0.296 e. The Morgan fingerprint density at radius 3 is 2.27 bits per heavy atom. The summed E-state index contributed by atoms with van der Waals surface area (Å²) in [4.78, 5) is 41.6. The molecule has 15 heavy (non-hydrogen) atoms. The lowest BCUT2D eigenvalue weighted by Crippen LogP contribution is -2.21. The van der Waals surface area contributed by atoms with Crippen LogP contribution in [0.1, 0.15) is 13.8 Å². The summed E-state index contributed by atoms with van der Waals surface area (Å²) in [5, 5.41) is 4.49. The van der Waals surface area contributed by atoms with Crippen LogP contribution in [-0.4, -0.2) is 26.8 Å². The summed E-state index contributed by atoms with van der Waals surface area (Å²) in [6.45, 7) is 2.52. The van der Waals surface area contributed by atoms with Crippen molar-refractivity contribution in [2.24, 2.45) is 0 Å². The molecule has 0 spiro atoms. The van der Waals surface area contributed by atoms with Crippen LogP contribution in [-0.2, 0) is 9.59 Å². The number of rotatable bonds is 2. The third-order valence-electron chi connectivity index (χ3n) is 1.23. The maximum absolute atomic E-state index is 11.0. The number of amides is 2. The number of aromatic amines is 1. The van der Waals surface area contributed by atoms with Crippen LogP contribution < -0.4 is 16.3 Å². The first-order chi connectivity index (χ1) is 6.97. The second-order valence-electron chi connectivity index (χ2n) is 2.69. The van der Waals surface area contributed by atoms with E-state index in [-0.39, 0.29) is 11.9 Å². The van der Waals surface area contributed by atoms with Gasteiger partial charge in [0.2, 0.25) is 23.7 Å². The van der Waals surface area contributed by atoms with Gasteiger partial charge in [-0.05, 0) is 0 Å². The van der Waals surface area contributed by atoms with Crippen molar-refractivity contribution in [3.63, 3.8) is 0 Å². The van der Waals surface area contributed by atoms with Crippen LogP contribution in [0.5, 0.6) is 0 Å². The Labute approximate surface area is 84.1 Å². The van der Waals surface area contributed by atoms with Gasteiger partial charge in [-0.15, -0.1) is 0 Å². The molecule has 1 heterocycles. The number of nitrogens with one attached hydrogen (secondary N) is 3. The second-order valence-corrected chi connectivity index (χ2v) is 2.69. The molecule has 0 saturated heterocycles. The molecule has 1 rings (SSSR count). The molecule has 0 radical (unpaired) electrons. The number of hydrogen-bond acceptors (Lipinski definition) is 5. The lowest BCUT2D eigenvalue weighted by atomic mass is 10.7. The molecule has 0 fully saturated rings. The normalized spacial score (nSPS) is 9.47. The van der Waals surface area contributed by atoms with Crippen LogP contribution in [0.2, 0.25) is 0 Å². The maximum atomic E-state index is 11.0. The molecule has 0 aliphatic carbocycles. The van der Waals surface area contributed by atoms with Gasteiger partial charge < -0.3 is 0 Å². The van der Waals surface area contributed by atoms with Crippen LogP contribution in [0.3, 0.4) is 0 Å². The van der Waals surface area contributed by atoms with Crippen molar-refractivity contribution in [1.82, 2.24) is 15.0 Å². The lowest BCUT2D eigenvalue weighted by Gasteiger charge is -2.02. The van der Waals surface area contributed by atoms with Crippen LogP contribution in [0.4, 0.5) is 11.9 Å². The number of H-pyrrole nitrogens is 1. The van der Waals surface area contributed by atoms with Gasteiger partial charge in [0.05, 0.1) is 0 Å². The fourth-order valence-corrected chi connectivity index (χ4v) is 0.824. The number of hydrogen-bond donors (Lipinski definition) is 3. The Morgan fingerprint density at radius 1 is 1.13 bits per heavy atom. The summed E-state index contributed by atoms with van der Waals surface area (Å²) in [7, 11) is 0. The highest BCUT2D eigenvalue weighted by atomic mass is 16.2. The highest BCUT2D eigenvalue weighted by Crippen LogP contribution is 1.98. The molecule has 3 N–H and O–H groups in total. The van der Waals surface area contributed by atoms with E-state index in [1.165, 1.54) is 13.8 Å². The van der Waals surface area contributed by atoms with Gasteiger partial charge in [0, 0.05) is 13.8 Å². The van der Waals surface area contributed by atoms with Gasteiger partial charge in [-0.1, -0.05) is 0 Å². The van der Waals surface area contributed by atoms with Crippen LogP contribution in [0.25, 0.3) is 0 Å². The van der Waals surface area contributed by atoms with E-state index in [2.05, 4.69) is 25.6 Å². The molecule has 1 aromatic rings. The van der Waals surface area contributed by atoms with Crippen molar-refractivity contribution < 1.29 is 9.59 Å². The van der Waals surface area contributed by atoms with E-state index in [9.17, 15) is 14.4 Å². The molecular formula is C7H9N5O3. The summed E-state index contributed by atoms with van der Waals surface area (Å²) in [6.07, 6.45) is 0. The smallest absolute Gasteiger partial charge is 0.296 e. The van der Waals surface area contributed by atoms with Crippen molar-refractivity contribution >= 4 is 23.7 Å². The van der Waals surface area contributed by atoms with Gasteiger partial charge in [0.15, 0.2) is 0 Å². The first-order valence-electron chi connectivity index (χ1n) is 4.01. The number of carbonyl (C=O) groups excluding carboxylic acids is 2. The Balaban J connectivity index is 2.99. The molecule has 1 aromatic heterocycles. The molecule has 0 bridgehead atoms. The number of carbonyl (C=O) groups is 2. The zero-order valence-electron chi connectivity index (χ0n) is 8.12. The third-order valence-corrected chi connectivity index (χ3v) is 1.23. The van der Waals surface area contributed by atoms with Gasteiger partial charge >= 0.3 is 5.69 Å². The number of anilines is 2. The number of nitrogens with zero attached hydrogens (tertiary/aromatic N) is 2. The topological polar surface area (TPSA) is 117 Å². The van der Waals surface area contributed by atoms with Gasteiger partial charge in [0.25, 0.3) is 0 Å². The second kappa shape index (κ2) is 4.31. The maximum Gasteiger partial charge on any atom is 0.351 e. The summed E-state index contributed by atoms with van der Waals surface area (Å²) in [5.41, 5.74) is -0.711.